The van der Waals surface area contributed by atoms with Gasteiger partial charge in [-0.15, -0.1) is 0 Å². The van der Waals surface area contributed by atoms with Crippen LogP contribution in [0.2, 0.25) is 0 Å². The standard InChI is InChI=1S/C11H12NO4/c1-7(2)9-4-10(12(14)15)6-11(5-9)16-8(3)13/h4-6H,1-3H3. The Kier molecular flexibility index (Phi) is 3.60. The van der Waals surface area contributed by atoms with Gasteiger partial charge in [0.2, 0.25) is 0 Å². The summed E-state index contributed by atoms with van der Waals surface area (Å²) < 4.78 is 4.84. The van der Waals surface area contributed by atoms with E-state index in [0.29, 0.717) is 5.56 Å². The minimum atomic E-state index is -0.514. The molecule has 5 nitrogen and oxygen atoms in total. The summed E-state index contributed by atoms with van der Waals surface area (Å²) in [4.78, 5) is 20.9. The number of ether oxygens (including phenoxy) is 1. The summed E-state index contributed by atoms with van der Waals surface area (Å²) in [5, 5.41) is 10.7. The molecule has 0 unspecified atom stereocenters. The predicted molar refractivity (Wildman–Crippen MR) is 58.1 cm³/mol. The number of non-ortho nitro benzene ring substituents is 1. The summed E-state index contributed by atoms with van der Waals surface area (Å²) in [6, 6.07) is 4.28. The zero-order valence-electron chi connectivity index (χ0n) is 9.31. The van der Waals surface area contributed by atoms with E-state index in [0.717, 1.165) is 5.92 Å². The summed E-state index contributed by atoms with van der Waals surface area (Å²) in [6.45, 7) is 4.91. The number of esters is 1. The average Bonchev–Trinajstić information content (AvgIpc) is 2.15. The van der Waals surface area contributed by atoms with Crippen molar-refractivity contribution >= 4 is 11.7 Å². The van der Waals surface area contributed by atoms with Gasteiger partial charge in [0.15, 0.2) is 0 Å². The molecule has 0 aliphatic carbocycles. The third kappa shape index (κ3) is 3.05. The van der Waals surface area contributed by atoms with Crippen LogP contribution in [0.5, 0.6) is 5.75 Å². The number of nitro groups is 1. The summed E-state index contributed by atoms with van der Waals surface area (Å²) in [7, 11) is 0. The molecule has 1 aromatic carbocycles. The number of hydrogen-bond donors (Lipinski definition) is 0. The zero-order valence-corrected chi connectivity index (χ0v) is 9.31. The molecule has 0 aliphatic heterocycles. The van der Waals surface area contributed by atoms with Crippen molar-refractivity contribution in [2.75, 3.05) is 0 Å². The monoisotopic (exact) mass is 222 g/mol. The lowest BCUT2D eigenvalue weighted by molar-refractivity contribution is -0.385. The fourth-order valence-electron chi connectivity index (χ4n) is 1.20. The number of carbonyl (C=O) groups is 1. The largest absolute Gasteiger partial charge is 0.426 e. The van der Waals surface area contributed by atoms with E-state index in [4.69, 9.17) is 4.74 Å². The summed E-state index contributed by atoms with van der Waals surface area (Å²) >= 11 is 0. The Morgan fingerprint density at radius 2 is 1.88 bits per heavy atom. The van der Waals surface area contributed by atoms with E-state index < -0.39 is 10.9 Å². The van der Waals surface area contributed by atoms with Crippen molar-refractivity contribution in [2.45, 2.75) is 20.8 Å². The van der Waals surface area contributed by atoms with E-state index in [1.165, 1.54) is 19.1 Å². The molecule has 0 aromatic heterocycles. The number of carbonyl (C=O) groups excluding carboxylic acids is 1. The van der Waals surface area contributed by atoms with Crippen LogP contribution in [-0.4, -0.2) is 10.9 Å². The number of hydrogen-bond acceptors (Lipinski definition) is 4. The summed E-state index contributed by atoms with van der Waals surface area (Å²) in [5.74, 6) is 0.607. The number of benzene rings is 1. The Labute approximate surface area is 93.2 Å². The molecule has 0 aliphatic rings. The van der Waals surface area contributed by atoms with Crippen LogP contribution in [0.25, 0.3) is 0 Å². The van der Waals surface area contributed by atoms with E-state index in [-0.39, 0.29) is 11.4 Å². The van der Waals surface area contributed by atoms with Gasteiger partial charge in [-0.1, -0.05) is 13.8 Å². The first-order chi connectivity index (χ1) is 7.40. The van der Waals surface area contributed by atoms with Crippen molar-refractivity contribution in [2.24, 2.45) is 0 Å². The normalized spacial score (nSPS) is 10.2. The molecule has 0 heterocycles. The first kappa shape index (κ1) is 12.2. The molecular formula is C11H12NO4. The first-order valence-corrected chi connectivity index (χ1v) is 4.68. The van der Waals surface area contributed by atoms with Gasteiger partial charge in [-0.3, -0.25) is 14.9 Å². The van der Waals surface area contributed by atoms with Crippen molar-refractivity contribution in [1.29, 1.82) is 0 Å². The summed E-state index contributed by atoms with van der Waals surface area (Å²) in [6.07, 6.45) is 0. The molecule has 0 atom stereocenters. The van der Waals surface area contributed by atoms with Gasteiger partial charge in [0.05, 0.1) is 11.0 Å². The molecule has 0 amide bonds. The quantitative estimate of drug-likeness (QED) is 0.341. The van der Waals surface area contributed by atoms with E-state index in [1.54, 1.807) is 6.07 Å². The smallest absolute Gasteiger partial charge is 0.308 e. The molecule has 0 saturated heterocycles. The Hall–Kier alpha value is -1.91. The first-order valence-electron chi connectivity index (χ1n) is 4.68. The molecule has 5 heteroatoms. The van der Waals surface area contributed by atoms with Gasteiger partial charge in [-0.25, -0.2) is 0 Å². The molecule has 0 saturated carbocycles. The minimum absolute atomic E-state index is 0.0880. The van der Waals surface area contributed by atoms with Gasteiger partial charge in [0.1, 0.15) is 5.75 Å². The molecule has 16 heavy (non-hydrogen) atoms. The second-order valence-corrected chi connectivity index (χ2v) is 3.57. The molecule has 0 N–H and O–H groups in total. The highest BCUT2D eigenvalue weighted by Gasteiger charge is 2.13. The average molecular weight is 222 g/mol. The number of nitro benzene ring substituents is 1. The number of nitrogens with zero attached hydrogens (tertiary/aromatic N) is 1. The van der Waals surface area contributed by atoms with Gasteiger partial charge in [-0.2, -0.15) is 0 Å². The topological polar surface area (TPSA) is 69.4 Å². The molecular weight excluding hydrogens is 210 g/mol. The Bertz CT molecular complexity index is 426. The van der Waals surface area contributed by atoms with Crippen LogP contribution in [0.3, 0.4) is 0 Å². The van der Waals surface area contributed by atoms with E-state index in [9.17, 15) is 14.9 Å². The maximum atomic E-state index is 10.8. The van der Waals surface area contributed by atoms with E-state index >= 15 is 0 Å². The van der Waals surface area contributed by atoms with Crippen LogP contribution >= 0.6 is 0 Å². The third-order valence-corrected chi connectivity index (χ3v) is 1.94. The van der Waals surface area contributed by atoms with Crippen molar-refractivity contribution in [3.05, 3.63) is 39.8 Å². The van der Waals surface area contributed by atoms with Gasteiger partial charge in [-0.05, 0) is 17.5 Å². The van der Waals surface area contributed by atoms with Crippen molar-refractivity contribution < 1.29 is 14.5 Å². The lowest BCUT2D eigenvalue weighted by atomic mass is 10.0. The Morgan fingerprint density at radius 3 is 2.31 bits per heavy atom. The van der Waals surface area contributed by atoms with Gasteiger partial charge in [0, 0.05) is 13.0 Å². The maximum Gasteiger partial charge on any atom is 0.308 e. The van der Waals surface area contributed by atoms with Crippen molar-refractivity contribution in [3.8, 4) is 5.75 Å². The van der Waals surface area contributed by atoms with Crippen molar-refractivity contribution in [1.82, 2.24) is 0 Å². The Morgan fingerprint density at radius 1 is 1.25 bits per heavy atom. The van der Waals surface area contributed by atoms with Gasteiger partial charge in [0.25, 0.3) is 5.69 Å². The van der Waals surface area contributed by atoms with Gasteiger partial charge >= 0.3 is 5.97 Å². The van der Waals surface area contributed by atoms with E-state index in [2.05, 4.69) is 0 Å². The third-order valence-electron chi connectivity index (χ3n) is 1.94. The van der Waals surface area contributed by atoms with Crippen LogP contribution in [0, 0.1) is 16.0 Å². The van der Waals surface area contributed by atoms with Crippen LogP contribution in [0.15, 0.2) is 18.2 Å². The fraction of sp³-hybridized carbons (Fsp3) is 0.273. The Balaban J connectivity index is 3.18. The molecule has 0 bridgehead atoms. The maximum absolute atomic E-state index is 10.8. The van der Waals surface area contributed by atoms with Crippen LogP contribution in [0.4, 0.5) is 5.69 Å². The molecule has 85 valence electrons. The van der Waals surface area contributed by atoms with Crippen molar-refractivity contribution in [3.63, 3.8) is 0 Å². The SMILES string of the molecule is C[C](C)c1cc(OC(C)=O)cc([N+](=O)[O-])c1. The molecule has 1 radical (unpaired) electrons. The lowest BCUT2D eigenvalue weighted by Crippen LogP contribution is -2.03. The highest BCUT2D eigenvalue weighted by Crippen LogP contribution is 2.26. The molecule has 0 spiro atoms. The lowest BCUT2D eigenvalue weighted by Gasteiger charge is -2.07. The molecule has 1 aromatic rings. The minimum Gasteiger partial charge on any atom is -0.426 e. The fourth-order valence-corrected chi connectivity index (χ4v) is 1.20. The molecule has 1 rings (SSSR count). The van der Waals surface area contributed by atoms with E-state index in [1.807, 2.05) is 13.8 Å². The van der Waals surface area contributed by atoms with Crippen LogP contribution < -0.4 is 4.74 Å². The zero-order chi connectivity index (χ0) is 12.3. The second kappa shape index (κ2) is 4.74. The highest BCUT2D eigenvalue weighted by molar-refractivity contribution is 5.69. The van der Waals surface area contributed by atoms with Crippen LogP contribution in [-0.2, 0) is 4.79 Å². The van der Waals surface area contributed by atoms with Gasteiger partial charge < -0.3 is 4.74 Å². The van der Waals surface area contributed by atoms with Crippen LogP contribution in [0.1, 0.15) is 26.3 Å². The predicted octanol–water partition coefficient (Wildman–Crippen LogP) is 2.48. The second-order valence-electron chi connectivity index (χ2n) is 3.57. The molecule has 0 fully saturated rings. The number of rotatable bonds is 3. The highest BCUT2D eigenvalue weighted by atomic mass is 16.6. The summed E-state index contributed by atoms with van der Waals surface area (Å²) in [5.41, 5.74) is 0.598.